The Morgan fingerprint density at radius 3 is 2.62 bits per heavy atom. The minimum absolute atomic E-state index is 0.327. The van der Waals surface area contributed by atoms with E-state index in [4.69, 9.17) is 19.7 Å². The maximum atomic E-state index is 15.4. The Labute approximate surface area is 217 Å². The Kier molecular flexibility index (Phi) is 7.85. The van der Waals surface area contributed by atoms with Crippen LogP contribution in [0.4, 0.5) is 26.2 Å². The van der Waals surface area contributed by atoms with E-state index < -0.39 is 12.5 Å². The highest BCUT2D eigenvalue weighted by atomic mass is 32.2. The second-order valence-corrected chi connectivity index (χ2v) is 9.14. The Hall–Kier alpha value is -3.64. The summed E-state index contributed by atoms with van der Waals surface area (Å²) in [6, 6.07) is 8.68. The summed E-state index contributed by atoms with van der Waals surface area (Å²) >= 11 is 1.27. The molecular weight excluding hydrogens is 498 g/mol. The van der Waals surface area contributed by atoms with Gasteiger partial charge in [-0.05, 0) is 30.7 Å². The molecule has 5 rings (SSSR count). The number of nitrogens with one attached hydrogen (secondary N) is 2. The lowest BCUT2D eigenvalue weighted by Crippen LogP contribution is -2.37. The molecule has 0 radical (unpaired) electrons. The van der Waals surface area contributed by atoms with Crippen LogP contribution in [0.25, 0.3) is 33.7 Å². The van der Waals surface area contributed by atoms with Crippen LogP contribution < -0.4 is 14.9 Å². The average Bonchev–Trinajstić information content (AvgIpc) is 2.96. The number of nitrogens with zero attached hydrogens (tertiary/aromatic N) is 6. The van der Waals surface area contributed by atoms with Crippen LogP contribution >= 0.6 is 11.9 Å². The van der Waals surface area contributed by atoms with Gasteiger partial charge in [-0.2, -0.15) is 0 Å². The van der Waals surface area contributed by atoms with E-state index in [0.717, 1.165) is 0 Å². The molecule has 1 aromatic carbocycles. The first kappa shape index (κ1) is 25.0. The zero-order valence-corrected chi connectivity index (χ0v) is 21.1. The van der Waals surface area contributed by atoms with Gasteiger partial charge in [0.15, 0.2) is 17.5 Å². The molecule has 0 saturated carbocycles. The number of benzene rings is 1. The molecule has 9 nitrogen and oxygen atoms in total. The van der Waals surface area contributed by atoms with Crippen molar-refractivity contribution in [1.82, 2.24) is 24.9 Å². The molecule has 2 N–H and O–H groups in total. The van der Waals surface area contributed by atoms with E-state index in [9.17, 15) is 4.39 Å². The van der Waals surface area contributed by atoms with Crippen LogP contribution in [0.15, 0.2) is 42.7 Å². The highest BCUT2D eigenvalue weighted by molar-refractivity contribution is 8.00. The summed E-state index contributed by atoms with van der Waals surface area (Å²) in [7, 11) is 1.75. The van der Waals surface area contributed by atoms with E-state index in [1.54, 1.807) is 43.7 Å². The highest BCUT2D eigenvalue weighted by Crippen LogP contribution is 2.32. The second kappa shape index (κ2) is 11.6. The summed E-state index contributed by atoms with van der Waals surface area (Å²) in [4.78, 5) is 25.0. The molecule has 0 unspecified atom stereocenters. The van der Waals surface area contributed by atoms with Gasteiger partial charge in [0, 0.05) is 43.8 Å². The summed E-state index contributed by atoms with van der Waals surface area (Å²) in [5, 5.41) is 2.90. The topological polar surface area (TPSA) is 101 Å². The Balaban J connectivity index is 1.56. The Morgan fingerprint density at radius 1 is 1.05 bits per heavy atom. The summed E-state index contributed by atoms with van der Waals surface area (Å²) < 4.78 is 36.3. The van der Waals surface area contributed by atoms with Crippen LogP contribution in [0.2, 0.25) is 0 Å². The van der Waals surface area contributed by atoms with E-state index in [1.807, 2.05) is 6.07 Å². The van der Waals surface area contributed by atoms with Crippen molar-refractivity contribution in [3.8, 4) is 22.6 Å². The number of anilines is 3. The molecule has 1 saturated heterocycles. The van der Waals surface area contributed by atoms with E-state index in [1.165, 1.54) is 11.9 Å². The standard InChI is InChI=1S/C25H26F2N8OS/c1-28-25-29-14-16(15-30-25)23-32-20-7-6-18(31-22(20)24(33-23)35-9-11-36-12-10-35)17-4-2-5-19(21(17)27)34-37-13-3-8-26/h2,4-7,14-15,34H,3,8-13H2,1H3,(H,28,29,30). The summed E-state index contributed by atoms with van der Waals surface area (Å²) in [6.07, 6.45) is 3.75. The van der Waals surface area contributed by atoms with Crippen LogP contribution in [-0.4, -0.2) is 70.7 Å². The van der Waals surface area contributed by atoms with Gasteiger partial charge >= 0.3 is 0 Å². The van der Waals surface area contributed by atoms with Gasteiger partial charge < -0.3 is 19.7 Å². The van der Waals surface area contributed by atoms with Gasteiger partial charge in [0.2, 0.25) is 5.95 Å². The minimum atomic E-state index is -0.422. The van der Waals surface area contributed by atoms with Gasteiger partial charge in [-0.1, -0.05) is 18.0 Å². The number of aromatic nitrogens is 5. The molecule has 0 aliphatic carbocycles. The van der Waals surface area contributed by atoms with Gasteiger partial charge in [0.25, 0.3) is 0 Å². The monoisotopic (exact) mass is 524 g/mol. The van der Waals surface area contributed by atoms with Crippen molar-refractivity contribution in [2.24, 2.45) is 0 Å². The molecule has 37 heavy (non-hydrogen) atoms. The lowest BCUT2D eigenvalue weighted by Gasteiger charge is -2.28. The van der Waals surface area contributed by atoms with Gasteiger partial charge in [0.1, 0.15) is 5.52 Å². The smallest absolute Gasteiger partial charge is 0.222 e. The first-order valence-corrected chi connectivity index (χ1v) is 12.9. The number of rotatable bonds is 9. The molecule has 0 amide bonds. The minimum Gasteiger partial charge on any atom is -0.378 e. The van der Waals surface area contributed by atoms with Gasteiger partial charge in [-0.15, -0.1) is 0 Å². The fraction of sp³-hybridized carbons (Fsp3) is 0.320. The van der Waals surface area contributed by atoms with Crippen molar-refractivity contribution in [3.63, 3.8) is 0 Å². The highest BCUT2D eigenvalue weighted by Gasteiger charge is 2.21. The average molecular weight is 525 g/mol. The quantitative estimate of drug-likeness (QED) is 0.239. The van der Waals surface area contributed by atoms with Crippen LogP contribution in [0.1, 0.15) is 6.42 Å². The molecule has 4 aromatic rings. The van der Waals surface area contributed by atoms with Crippen molar-refractivity contribution in [2.75, 3.05) is 60.7 Å². The molecule has 0 atom stereocenters. The lowest BCUT2D eigenvalue weighted by molar-refractivity contribution is 0.122. The molecule has 3 aromatic heterocycles. The number of alkyl halides is 1. The SMILES string of the molecule is CNc1ncc(-c2nc(N3CCOCC3)c3nc(-c4cccc(NSCCCF)c4F)ccc3n2)cn1. The van der Waals surface area contributed by atoms with Gasteiger partial charge in [-0.25, -0.2) is 29.3 Å². The maximum absolute atomic E-state index is 15.4. The maximum Gasteiger partial charge on any atom is 0.222 e. The molecule has 12 heteroatoms. The number of hydrogen-bond donors (Lipinski definition) is 2. The first-order valence-electron chi connectivity index (χ1n) is 11.9. The second-order valence-electron chi connectivity index (χ2n) is 8.24. The summed E-state index contributed by atoms with van der Waals surface area (Å²) in [6.45, 7) is 2.04. The predicted molar refractivity (Wildman–Crippen MR) is 143 cm³/mol. The third-order valence-corrected chi connectivity index (χ3v) is 6.66. The first-order chi connectivity index (χ1) is 18.2. The normalized spacial score (nSPS) is 13.6. The van der Waals surface area contributed by atoms with Crippen LogP contribution in [0.5, 0.6) is 0 Å². The molecular formula is C25H26F2N8OS. The van der Waals surface area contributed by atoms with E-state index in [0.29, 0.717) is 89.6 Å². The van der Waals surface area contributed by atoms with Crippen LogP contribution in [0.3, 0.4) is 0 Å². The van der Waals surface area contributed by atoms with Crippen molar-refractivity contribution < 1.29 is 13.5 Å². The van der Waals surface area contributed by atoms with E-state index >= 15 is 4.39 Å². The number of fused-ring (bicyclic) bond motifs is 1. The van der Waals surface area contributed by atoms with Crippen molar-refractivity contribution in [3.05, 3.63) is 48.5 Å². The number of pyridine rings is 1. The van der Waals surface area contributed by atoms with Crippen molar-refractivity contribution >= 4 is 40.4 Å². The molecule has 0 spiro atoms. The number of hydrogen-bond acceptors (Lipinski definition) is 10. The fourth-order valence-corrected chi connectivity index (χ4v) is 4.58. The molecule has 1 fully saturated rings. The van der Waals surface area contributed by atoms with Crippen LogP contribution in [0, 0.1) is 5.82 Å². The van der Waals surface area contributed by atoms with Crippen LogP contribution in [-0.2, 0) is 4.74 Å². The fourth-order valence-electron chi connectivity index (χ4n) is 3.91. The Morgan fingerprint density at radius 2 is 1.86 bits per heavy atom. The summed E-state index contributed by atoms with van der Waals surface area (Å²) in [5.74, 6) is 1.76. The predicted octanol–water partition coefficient (Wildman–Crippen LogP) is 4.59. The van der Waals surface area contributed by atoms with E-state index in [-0.39, 0.29) is 0 Å². The molecule has 1 aliphatic heterocycles. The van der Waals surface area contributed by atoms with Gasteiger partial charge in [0.05, 0.1) is 42.3 Å². The van der Waals surface area contributed by atoms with Gasteiger partial charge in [-0.3, -0.25) is 4.39 Å². The molecule has 0 bridgehead atoms. The summed E-state index contributed by atoms with van der Waals surface area (Å²) in [5.41, 5.74) is 3.03. The van der Waals surface area contributed by atoms with E-state index in [2.05, 4.69) is 24.9 Å². The Bertz CT molecular complexity index is 1370. The third-order valence-electron chi connectivity index (χ3n) is 5.81. The zero-order chi connectivity index (χ0) is 25.6. The van der Waals surface area contributed by atoms with Crippen molar-refractivity contribution in [1.29, 1.82) is 0 Å². The lowest BCUT2D eigenvalue weighted by atomic mass is 10.1. The molecule has 192 valence electrons. The molecule has 4 heterocycles. The number of morpholine rings is 1. The third kappa shape index (κ3) is 5.54. The van der Waals surface area contributed by atoms with Crippen molar-refractivity contribution in [2.45, 2.75) is 6.42 Å². The molecule has 1 aliphatic rings. The number of ether oxygens (including phenoxy) is 1. The number of halogens is 2. The largest absolute Gasteiger partial charge is 0.378 e. The zero-order valence-electron chi connectivity index (χ0n) is 20.2.